The zero-order valence-electron chi connectivity index (χ0n) is 12.2. The van der Waals surface area contributed by atoms with E-state index in [-0.39, 0.29) is 30.9 Å². The summed E-state index contributed by atoms with van der Waals surface area (Å²) in [5.41, 5.74) is 0. The van der Waals surface area contributed by atoms with Gasteiger partial charge in [0.05, 0.1) is 6.04 Å². The first kappa shape index (κ1) is 18.0. The first-order valence-corrected chi connectivity index (χ1v) is 7.53. The van der Waals surface area contributed by atoms with Gasteiger partial charge in [0, 0.05) is 25.2 Å². The molecule has 0 spiro atoms. The molecule has 0 aromatic rings. The van der Waals surface area contributed by atoms with E-state index in [1.54, 1.807) is 0 Å². The van der Waals surface area contributed by atoms with Crippen LogP contribution in [0.5, 0.6) is 0 Å². The number of piperidine rings is 1. The maximum Gasteiger partial charge on any atom is 0.240 e. The van der Waals surface area contributed by atoms with Gasteiger partial charge in [0.2, 0.25) is 5.91 Å². The largest absolute Gasteiger partial charge is 0.336 e. The van der Waals surface area contributed by atoms with Gasteiger partial charge in [0.25, 0.3) is 0 Å². The maximum absolute atomic E-state index is 12.6. The number of piperazine rings is 1. The van der Waals surface area contributed by atoms with Crippen molar-refractivity contribution in [2.75, 3.05) is 26.2 Å². The molecule has 3 rings (SSSR count). The van der Waals surface area contributed by atoms with Crippen LogP contribution in [0.15, 0.2) is 0 Å². The van der Waals surface area contributed by atoms with Gasteiger partial charge < -0.3 is 10.2 Å². The second-order valence-electron chi connectivity index (χ2n) is 6.13. The summed E-state index contributed by atoms with van der Waals surface area (Å²) in [5.74, 6) is 0.355. The van der Waals surface area contributed by atoms with Crippen molar-refractivity contribution in [2.45, 2.75) is 57.2 Å². The lowest BCUT2D eigenvalue weighted by Crippen LogP contribution is -2.60. The molecular weight excluding hydrogens is 297 g/mol. The standard InChI is InChI=1S/C14H25N3O.2ClH/c1-11-9-16-8-4-5-12(16)10-17(11)14(18)13-6-2-3-7-15-13;;/h11-13,15H,2-10H2,1H3;2*1H. The highest BCUT2D eigenvalue weighted by molar-refractivity contribution is 5.85. The van der Waals surface area contributed by atoms with Crippen molar-refractivity contribution in [1.82, 2.24) is 15.1 Å². The monoisotopic (exact) mass is 323 g/mol. The summed E-state index contributed by atoms with van der Waals surface area (Å²) >= 11 is 0. The van der Waals surface area contributed by atoms with Gasteiger partial charge in [-0.2, -0.15) is 0 Å². The van der Waals surface area contributed by atoms with E-state index in [2.05, 4.69) is 22.0 Å². The van der Waals surface area contributed by atoms with E-state index < -0.39 is 0 Å². The molecule has 3 aliphatic rings. The lowest BCUT2D eigenvalue weighted by Gasteiger charge is -2.44. The summed E-state index contributed by atoms with van der Waals surface area (Å²) in [5, 5.41) is 3.39. The third kappa shape index (κ3) is 3.59. The molecule has 0 aromatic heterocycles. The summed E-state index contributed by atoms with van der Waals surface area (Å²) < 4.78 is 0. The van der Waals surface area contributed by atoms with E-state index in [0.717, 1.165) is 26.1 Å². The number of carbonyl (C=O) groups excluding carboxylic acids is 1. The van der Waals surface area contributed by atoms with Crippen LogP contribution in [0.25, 0.3) is 0 Å². The molecule has 3 heterocycles. The predicted octanol–water partition coefficient (Wildman–Crippen LogP) is 1.67. The van der Waals surface area contributed by atoms with Gasteiger partial charge in [0.15, 0.2) is 0 Å². The Hall–Kier alpha value is -0.0300. The van der Waals surface area contributed by atoms with E-state index in [4.69, 9.17) is 0 Å². The molecule has 1 amide bonds. The fourth-order valence-electron chi connectivity index (χ4n) is 3.76. The first-order chi connectivity index (χ1) is 8.75. The highest BCUT2D eigenvalue weighted by atomic mass is 35.5. The van der Waals surface area contributed by atoms with E-state index in [0.29, 0.717) is 18.0 Å². The second kappa shape index (κ2) is 7.83. The Morgan fingerprint density at radius 3 is 2.60 bits per heavy atom. The molecule has 0 aliphatic carbocycles. The highest BCUT2D eigenvalue weighted by Crippen LogP contribution is 2.25. The SMILES string of the molecule is CC1CN2CCCC2CN1C(=O)C1CCCCN1.Cl.Cl. The van der Waals surface area contributed by atoms with Gasteiger partial charge in [-0.15, -0.1) is 24.8 Å². The Bertz CT molecular complexity index is 324. The van der Waals surface area contributed by atoms with Crippen molar-refractivity contribution >= 4 is 30.7 Å². The Morgan fingerprint density at radius 2 is 1.90 bits per heavy atom. The van der Waals surface area contributed by atoms with E-state index in [1.807, 2.05) is 0 Å². The third-order valence-corrected chi connectivity index (χ3v) is 4.83. The molecule has 20 heavy (non-hydrogen) atoms. The van der Waals surface area contributed by atoms with Crippen molar-refractivity contribution in [2.24, 2.45) is 0 Å². The Morgan fingerprint density at radius 1 is 1.10 bits per heavy atom. The van der Waals surface area contributed by atoms with Crippen LogP contribution in [0.2, 0.25) is 0 Å². The van der Waals surface area contributed by atoms with Crippen LogP contribution in [0, 0.1) is 0 Å². The summed E-state index contributed by atoms with van der Waals surface area (Å²) in [6.45, 7) is 6.48. The quantitative estimate of drug-likeness (QED) is 0.797. The van der Waals surface area contributed by atoms with Gasteiger partial charge in [-0.05, 0) is 45.7 Å². The van der Waals surface area contributed by atoms with Gasteiger partial charge >= 0.3 is 0 Å². The topological polar surface area (TPSA) is 35.6 Å². The zero-order valence-corrected chi connectivity index (χ0v) is 13.8. The minimum absolute atomic E-state index is 0. The van der Waals surface area contributed by atoms with Crippen molar-refractivity contribution in [3.8, 4) is 0 Å². The average Bonchev–Trinajstić information content (AvgIpc) is 2.85. The number of rotatable bonds is 1. The molecule has 0 radical (unpaired) electrons. The van der Waals surface area contributed by atoms with Crippen LogP contribution in [-0.4, -0.2) is 60.0 Å². The second-order valence-corrected chi connectivity index (χ2v) is 6.13. The van der Waals surface area contributed by atoms with Crippen molar-refractivity contribution in [1.29, 1.82) is 0 Å². The Balaban J connectivity index is 0.000001000. The summed E-state index contributed by atoms with van der Waals surface area (Å²) in [6.07, 6.45) is 6.02. The van der Waals surface area contributed by atoms with Crippen molar-refractivity contribution in [3.63, 3.8) is 0 Å². The lowest BCUT2D eigenvalue weighted by atomic mass is 10.0. The molecule has 1 N–H and O–H groups in total. The Labute approximate surface area is 134 Å². The minimum atomic E-state index is 0. The molecule has 3 atom stereocenters. The number of nitrogens with one attached hydrogen (secondary N) is 1. The van der Waals surface area contributed by atoms with Crippen LogP contribution >= 0.6 is 24.8 Å². The molecule has 3 aliphatic heterocycles. The fraction of sp³-hybridized carbons (Fsp3) is 0.929. The fourth-order valence-corrected chi connectivity index (χ4v) is 3.76. The maximum atomic E-state index is 12.6. The van der Waals surface area contributed by atoms with Crippen LogP contribution in [0.4, 0.5) is 0 Å². The van der Waals surface area contributed by atoms with Crippen LogP contribution < -0.4 is 5.32 Å². The number of hydrogen-bond acceptors (Lipinski definition) is 3. The average molecular weight is 324 g/mol. The highest BCUT2D eigenvalue weighted by Gasteiger charge is 2.38. The van der Waals surface area contributed by atoms with Crippen molar-refractivity contribution in [3.05, 3.63) is 0 Å². The molecule has 0 bridgehead atoms. The van der Waals surface area contributed by atoms with Crippen LogP contribution in [0.1, 0.15) is 39.0 Å². The lowest BCUT2D eigenvalue weighted by molar-refractivity contribution is -0.139. The molecule has 118 valence electrons. The summed E-state index contributed by atoms with van der Waals surface area (Å²) in [7, 11) is 0. The summed E-state index contributed by atoms with van der Waals surface area (Å²) in [6, 6.07) is 1.11. The van der Waals surface area contributed by atoms with E-state index >= 15 is 0 Å². The van der Waals surface area contributed by atoms with Gasteiger partial charge in [0.1, 0.15) is 0 Å². The van der Waals surface area contributed by atoms with Gasteiger partial charge in [-0.25, -0.2) is 0 Å². The molecule has 3 saturated heterocycles. The number of hydrogen-bond donors (Lipinski definition) is 1. The first-order valence-electron chi connectivity index (χ1n) is 7.53. The molecule has 0 aromatic carbocycles. The number of fused-ring (bicyclic) bond motifs is 1. The zero-order chi connectivity index (χ0) is 12.5. The number of carbonyl (C=O) groups is 1. The molecule has 4 nitrogen and oxygen atoms in total. The normalized spacial score (nSPS) is 33.9. The smallest absolute Gasteiger partial charge is 0.240 e. The molecule has 3 unspecified atom stereocenters. The van der Waals surface area contributed by atoms with Crippen LogP contribution in [0.3, 0.4) is 0 Å². The predicted molar refractivity (Wildman–Crippen MR) is 85.9 cm³/mol. The van der Waals surface area contributed by atoms with Crippen molar-refractivity contribution < 1.29 is 4.79 Å². The summed E-state index contributed by atoms with van der Waals surface area (Å²) in [4.78, 5) is 17.3. The van der Waals surface area contributed by atoms with E-state index in [1.165, 1.54) is 32.2 Å². The van der Waals surface area contributed by atoms with Crippen LogP contribution in [-0.2, 0) is 4.79 Å². The third-order valence-electron chi connectivity index (χ3n) is 4.83. The molecule has 3 fully saturated rings. The number of halogens is 2. The van der Waals surface area contributed by atoms with Gasteiger partial charge in [-0.3, -0.25) is 9.69 Å². The number of nitrogens with zero attached hydrogens (tertiary/aromatic N) is 2. The van der Waals surface area contributed by atoms with E-state index in [9.17, 15) is 4.79 Å². The molecular formula is C14H27Cl2N3O. The minimum Gasteiger partial charge on any atom is -0.336 e. The molecule has 0 saturated carbocycles. The Kier molecular flexibility index (Phi) is 7.06. The molecule has 6 heteroatoms. The van der Waals surface area contributed by atoms with Gasteiger partial charge in [-0.1, -0.05) is 6.42 Å². The number of amides is 1.